The monoisotopic (exact) mass is 512 g/mol. The number of rotatable bonds is 8. The molecule has 4 aromatic rings. The number of aryl methyl sites for hydroxylation is 1. The van der Waals surface area contributed by atoms with Crippen LogP contribution < -0.4 is 10.1 Å². The number of amides is 1. The van der Waals surface area contributed by atoms with E-state index in [1.165, 1.54) is 22.5 Å². The minimum atomic E-state index is 0.0587. The number of carbonyl (C=O) groups excluding carboxylic acids is 1. The fourth-order valence-electron chi connectivity index (χ4n) is 4.87. The van der Waals surface area contributed by atoms with Gasteiger partial charge in [-0.25, -0.2) is 4.98 Å². The number of benzene rings is 3. The van der Waals surface area contributed by atoms with E-state index in [0.717, 1.165) is 43.2 Å². The fourth-order valence-corrected chi connectivity index (χ4v) is 5.81. The number of methoxy groups -OCH3 is 1. The first kappa shape index (κ1) is 25.0. The molecule has 3 aromatic carbocycles. The van der Waals surface area contributed by atoms with Gasteiger partial charge in [-0.05, 0) is 36.6 Å². The van der Waals surface area contributed by atoms with Crippen molar-refractivity contribution in [2.24, 2.45) is 0 Å². The molecule has 1 aliphatic heterocycles. The third-order valence-corrected chi connectivity index (χ3v) is 7.79. The van der Waals surface area contributed by atoms with Crippen molar-refractivity contribution in [3.63, 3.8) is 0 Å². The van der Waals surface area contributed by atoms with Crippen molar-refractivity contribution in [1.29, 1.82) is 0 Å². The molecule has 7 heteroatoms. The summed E-state index contributed by atoms with van der Waals surface area (Å²) in [6, 6.07) is 28.8. The Bertz CT molecular complexity index is 1330. The van der Waals surface area contributed by atoms with Crippen LogP contribution >= 0.6 is 11.3 Å². The second-order valence-electron chi connectivity index (χ2n) is 9.32. The molecule has 0 radical (unpaired) electrons. The van der Waals surface area contributed by atoms with E-state index >= 15 is 0 Å². The van der Waals surface area contributed by atoms with Gasteiger partial charge in [-0.1, -0.05) is 84.1 Å². The number of nitrogens with zero attached hydrogens (tertiary/aromatic N) is 3. The minimum Gasteiger partial charge on any atom is -0.495 e. The van der Waals surface area contributed by atoms with E-state index in [4.69, 9.17) is 4.74 Å². The quantitative estimate of drug-likeness (QED) is 0.325. The Balaban J connectivity index is 1.36. The number of piperazine rings is 1. The second kappa shape index (κ2) is 11.6. The smallest absolute Gasteiger partial charge is 0.266 e. The number of carbonyl (C=O) groups is 1. The van der Waals surface area contributed by atoms with Gasteiger partial charge < -0.3 is 15.0 Å². The maximum absolute atomic E-state index is 13.9. The Kier molecular flexibility index (Phi) is 7.82. The average Bonchev–Trinajstić information content (AvgIpc) is 3.29. The van der Waals surface area contributed by atoms with Gasteiger partial charge in [0.15, 0.2) is 5.13 Å². The molecule has 6 nitrogen and oxygen atoms in total. The lowest BCUT2D eigenvalue weighted by atomic mass is 10.0. The van der Waals surface area contributed by atoms with Crippen LogP contribution in [0.4, 0.5) is 10.8 Å². The summed E-state index contributed by atoms with van der Waals surface area (Å²) in [6.45, 7) is 5.17. The molecule has 0 aliphatic carbocycles. The highest BCUT2D eigenvalue weighted by atomic mass is 32.1. The van der Waals surface area contributed by atoms with Crippen molar-refractivity contribution in [1.82, 2.24) is 14.8 Å². The van der Waals surface area contributed by atoms with Crippen LogP contribution in [0.2, 0.25) is 0 Å². The molecule has 1 fully saturated rings. The molecule has 1 aromatic heterocycles. The standard InChI is InChI=1S/C30H32N4O2S/c1-22-28(37-30(31-22)32-26-15-9-10-16-27(26)36-2)29(35)34-18-17-33(20-24-13-7-4-8-14-24)21-25(34)19-23-11-5-3-6-12-23/h3-16,25H,17-21H2,1-2H3,(H,31,32)/t25-/m0/s1. The number of para-hydroxylation sites is 2. The zero-order valence-electron chi connectivity index (χ0n) is 21.3. The molecule has 0 bridgehead atoms. The van der Waals surface area contributed by atoms with E-state index in [-0.39, 0.29) is 11.9 Å². The largest absolute Gasteiger partial charge is 0.495 e. The number of hydrogen-bond acceptors (Lipinski definition) is 6. The van der Waals surface area contributed by atoms with Crippen molar-refractivity contribution in [3.8, 4) is 5.75 Å². The number of nitrogens with one attached hydrogen (secondary N) is 1. The summed E-state index contributed by atoms with van der Waals surface area (Å²) in [5.41, 5.74) is 4.12. The van der Waals surface area contributed by atoms with E-state index in [9.17, 15) is 4.79 Å². The van der Waals surface area contributed by atoms with Crippen molar-refractivity contribution >= 4 is 28.1 Å². The molecule has 0 unspecified atom stereocenters. The molecule has 1 aliphatic rings. The topological polar surface area (TPSA) is 57.7 Å². The normalized spacial score (nSPS) is 15.9. The van der Waals surface area contributed by atoms with Crippen molar-refractivity contribution in [2.45, 2.75) is 25.9 Å². The number of anilines is 2. The molecule has 1 N–H and O–H groups in total. The lowest BCUT2D eigenvalue weighted by Crippen LogP contribution is -2.55. The van der Waals surface area contributed by atoms with E-state index < -0.39 is 0 Å². The van der Waals surface area contributed by atoms with Crippen LogP contribution in [0.3, 0.4) is 0 Å². The van der Waals surface area contributed by atoms with E-state index in [1.807, 2.05) is 43.3 Å². The molecule has 1 saturated heterocycles. The van der Waals surface area contributed by atoms with Crippen molar-refractivity contribution in [3.05, 3.63) is 107 Å². The van der Waals surface area contributed by atoms with E-state index in [2.05, 4.69) is 68.6 Å². The predicted molar refractivity (Wildman–Crippen MR) is 150 cm³/mol. The first-order valence-corrected chi connectivity index (χ1v) is 13.4. The van der Waals surface area contributed by atoms with Gasteiger partial charge in [0.2, 0.25) is 0 Å². The third kappa shape index (κ3) is 6.01. The third-order valence-electron chi connectivity index (χ3n) is 6.73. The zero-order chi connectivity index (χ0) is 25.6. The zero-order valence-corrected chi connectivity index (χ0v) is 22.1. The van der Waals surface area contributed by atoms with Gasteiger partial charge in [0.25, 0.3) is 5.91 Å². The molecule has 0 saturated carbocycles. The van der Waals surface area contributed by atoms with Crippen LogP contribution in [0.5, 0.6) is 5.75 Å². The summed E-state index contributed by atoms with van der Waals surface area (Å²) in [7, 11) is 1.65. The second-order valence-corrected chi connectivity index (χ2v) is 10.3. The molecular formula is C30H32N4O2S. The molecule has 5 rings (SSSR count). The van der Waals surface area contributed by atoms with Crippen LogP contribution in [0.15, 0.2) is 84.9 Å². The van der Waals surface area contributed by atoms with Gasteiger partial charge >= 0.3 is 0 Å². The molecular weight excluding hydrogens is 480 g/mol. The Morgan fingerprint density at radius 2 is 1.65 bits per heavy atom. The Morgan fingerprint density at radius 3 is 2.38 bits per heavy atom. The lowest BCUT2D eigenvalue weighted by molar-refractivity contribution is 0.0442. The van der Waals surface area contributed by atoms with Gasteiger partial charge in [0.1, 0.15) is 10.6 Å². The summed E-state index contributed by atoms with van der Waals surface area (Å²) in [5, 5.41) is 4.02. The summed E-state index contributed by atoms with van der Waals surface area (Å²) < 4.78 is 5.46. The van der Waals surface area contributed by atoms with E-state index in [1.54, 1.807) is 7.11 Å². The average molecular weight is 513 g/mol. The van der Waals surface area contributed by atoms with Crippen LogP contribution in [0.25, 0.3) is 0 Å². The Morgan fingerprint density at radius 1 is 0.973 bits per heavy atom. The van der Waals surface area contributed by atoms with Gasteiger partial charge in [0, 0.05) is 32.2 Å². The predicted octanol–water partition coefficient (Wildman–Crippen LogP) is 5.77. The first-order chi connectivity index (χ1) is 18.1. The van der Waals surface area contributed by atoms with E-state index in [0.29, 0.717) is 16.6 Å². The highest BCUT2D eigenvalue weighted by Gasteiger charge is 2.33. The molecule has 37 heavy (non-hydrogen) atoms. The van der Waals surface area contributed by atoms with Gasteiger partial charge in [-0.2, -0.15) is 0 Å². The maximum Gasteiger partial charge on any atom is 0.266 e. The summed E-state index contributed by atoms with van der Waals surface area (Å²) in [5.74, 6) is 0.795. The van der Waals surface area contributed by atoms with Crippen molar-refractivity contribution < 1.29 is 9.53 Å². The fraction of sp³-hybridized carbons (Fsp3) is 0.267. The molecule has 1 atom stereocenters. The highest BCUT2D eigenvalue weighted by Crippen LogP contribution is 2.32. The van der Waals surface area contributed by atoms with Crippen molar-refractivity contribution in [2.75, 3.05) is 32.1 Å². The highest BCUT2D eigenvalue weighted by molar-refractivity contribution is 7.17. The number of thiazole rings is 1. The van der Waals surface area contributed by atoms with Crippen LogP contribution in [0.1, 0.15) is 26.5 Å². The molecule has 1 amide bonds. The van der Waals surface area contributed by atoms with Gasteiger partial charge in [0.05, 0.1) is 18.5 Å². The Hall–Kier alpha value is -3.68. The Labute approximate surface area is 222 Å². The van der Waals surface area contributed by atoms with Crippen LogP contribution in [-0.2, 0) is 13.0 Å². The minimum absolute atomic E-state index is 0.0587. The number of ether oxygens (including phenoxy) is 1. The molecule has 0 spiro atoms. The number of aromatic nitrogens is 1. The first-order valence-electron chi connectivity index (χ1n) is 12.6. The molecule has 2 heterocycles. The maximum atomic E-state index is 13.9. The summed E-state index contributed by atoms with van der Waals surface area (Å²) in [4.78, 5) is 23.8. The molecule has 190 valence electrons. The van der Waals surface area contributed by atoms with Crippen LogP contribution in [0, 0.1) is 6.92 Å². The summed E-state index contributed by atoms with van der Waals surface area (Å²) in [6.07, 6.45) is 0.821. The van der Waals surface area contributed by atoms with Crippen LogP contribution in [-0.4, -0.2) is 53.5 Å². The summed E-state index contributed by atoms with van der Waals surface area (Å²) >= 11 is 1.40. The lowest BCUT2D eigenvalue weighted by Gasteiger charge is -2.41. The van der Waals surface area contributed by atoms with Gasteiger partial charge in [-0.15, -0.1) is 0 Å². The SMILES string of the molecule is COc1ccccc1Nc1nc(C)c(C(=O)N2CCN(Cc3ccccc3)C[C@@H]2Cc2ccccc2)s1. The van der Waals surface area contributed by atoms with Gasteiger partial charge in [-0.3, -0.25) is 9.69 Å². The number of hydrogen-bond donors (Lipinski definition) is 1.